The number of ketones is 2. The van der Waals surface area contributed by atoms with Gasteiger partial charge >= 0.3 is 5.97 Å². The number of benzene rings is 2. The number of anilines is 2. The van der Waals surface area contributed by atoms with Crippen molar-refractivity contribution in [2.24, 2.45) is 0 Å². The van der Waals surface area contributed by atoms with E-state index in [0.717, 1.165) is 5.69 Å². The molecule has 18 heteroatoms. The number of hydrogen-bond donors (Lipinski definition) is 2. The molecule has 17 nitrogen and oxygen atoms in total. The van der Waals surface area contributed by atoms with Gasteiger partial charge in [-0.2, -0.15) is 8.42 Å². The normalized spacial score (nSPS) is 17.5. The Morgan fingerprint density at radius 1 is 0.922 bits per heavy atom. The van der Waals surface area contributed by atoms with E-state index in [4.69, 9.17) is 14.1 Å². The Morgan fingerprint density at radius 2 is 1.55 bits per heavy atom. The van der Waals surface area contributed by atoms with Crippen LogP contribution in [0, 0.1) is 0 Å². The lowest BCUT2D eigenvalue weighted by molar-refractivity contribution is -0.200. The fourth-order valence-electron chi connectivity index (χ4n) is 5.98. The molecule has 3 aromatic rings. The summed E-state index contributed by atoms with van der Waals surface area (Å²) in [6.07, 6.45) is 1.43. The summed E-state index contributed by atoms with van der Waals surface area (Å²) < 4.78 is 38.0. The highest BCUT2D eigenvalue weighted by molar-refractivity contribution is 7.85. The second-order valence-electron chi connectivity index (χ2n) is 12.0. The number of rotatable bonds is 17. The molecular weight excluding hydrogens is 688 g/mol. The number of hydroxylamine groups is 2. The smallest absolute Gasteiger partial charge is 0.358 e. The molecule has 0 radical (unpaired) electrons. The number of aromatic hydroxyl groups is 1. The predicted octanol–water partition coefficient (Wildman–Crippen LogP) is 1.37. The second kappa shape index (κ2) is 15.8. The standard InChI is InChI=1S/C33H38N6O11S/c1-3-36(13-14-38-18-22(34-35-38)20-51(46,47)48)24-9-10-25(26(40)17-24)31-32(44)30(33(31)45)21-5-7-23(8-6-21)37(4-2)15-16-49-19-29(43)50-39-27(41)11-12-28(39)42/h5-10,17-18,30-31,40H,3-4,11-16,19-20H2,1-2H3,(H,46,47,48). The number of carbonyl (C=O) groups excluding carboxylic acids is 5. The minimum absolute atomic E-state index is 0.00157. The zero-order valence-corrected chi connectivity index (χ0v) is 28.8. The quantitative estimate of drug-likeness (QED) is 0.0869. The van der Waals surface area contributed by atoms with Crippen LogP contribution < -0.4 is 9.80 Å². The van der Waals surface area contributed by atoms with Crippen LogP contribution in [0.5, 0.6) is 5.75 Å². The largest absolute Gasteiger partial charge is 0.508 e. The Hall–Kier alpha value is -5.20. The van der Waals surface area contributed by atoms with Crippen molar-refractivity contribution in [1.29, 1.82) is 0 Å². The van der Waals surface area contributed by atoms with E-state index in [0.29, 0.717) is 49.0 Å². The lowest BCUT2D eigenvalue weighted by Gasteiger charge is -2.33. The van der Waals surface area contributed by atoms with Gasteiger partial charge in [0.25, 0.3) is 21.9 Å². The number of amides is 2. The average Bonchev–Trinajstić information content (AvgIpc) is 3.66. The van der Waals surface area contributed by atoms with Crippen LogP contribution in [0.1, 0.15) is 55.3 Å². The van der Waals surface area contributed by atoms with Gasteiger partial charge in [-0.1, -0.05) is 23.4 Å². The van der Waals surface area contributed by atoms with Crippen LogP contribution >= 0.6 is 0 Å². The van der Waals surface area contributed by atoms with Gasteiger partial charge in [0.2, 0.25) is 0 Å². The van der Waals surface area contributed by atoms with Crippen LogP contribution in [0.2, 0.25) is 0 Å². The van der Waals surface area contributed by atoms with E-state index in [1.807, 2.05) is 23.6 Å². The first kappa shape index (κ1) is 37.1. The van der Waals surface area contributed by atoms with Crippen molar-refractivity contribution < 1.29 is 51.6 Å². The molecule has 51 heavy (non-hydrogen) atoms. The molecule has 1 aliphatic heterocycles. The number of carbonyl (C=O) groups is 5. The molecular formula is C33H38N6O11S. The molecule has 1 aromatic heterocycles. The third-order valence-corrected chi connectivity index (χ3v) is 9.28. The number of phenolic OH excluding ortho intramolecular Hbond substituents is 1. The van der Waals surface area contributed by atoms with E-state index in [9.17, 15) is 37.5 Å². The molecule has 2 N–H and O–H groups in total. The van der Waals surface area contributed by atoms with Crippen molar-refractivity contribution in [2.45, 2.75) is 50.8 Å². The van der Waals surface area contributed by atoms with Crippen molar-refractivity contribution in [3.05, 3.63) is 65.5 Å². The highest BCUT2D eigenvalue weighted by Gasteiger charge is 2.51. The molecule has 0 bridgehead atoms. The average molecular weight is 727 g/mol. The number of ether oxygens (including phenoxy) is 1. The van der Waals surface area contributed by atoms with E-state index in [2.05, 4.69) is 10.3 Å². The summed E-state index contributed by atoms with van der Waals surface area (Å²) in [5.41, 5.74) is 2.31. The summed E-state index contributed by atoms with van der Waals surface area (Å²) in [4.78, 5) is 70.3. The fourth-order valence-corrected chi connectivity index (χ4v) is 6.49. The van der Waals surface area contributed by atoms with E-state index in [1.54, 1.807) is 36.4 Å². The van der Waals surface area contributed by atoms with Gasteiger partial charge < -0.3 is 24.5 Å². The van der Waals surface area contributed by atoms with Gasteiger partial charge in [-0.05, 0) is 37.6 Å². The molecule has 2 amide bonds. The Labute approximate surface area is 293 Å². The van der Waals surface area contributed by atoms with Gasteiger partial charge in [-0.3, -0.25) is 28.4 Å². The number of hydrogen-bond acceptors (Lipinski definition) is 14. The topological polar surface area (TPSA) is 219 Å². The Balaban J connectivity index is 1.13. The zero-order chi connectivity index (χ0) is 36.9. The van der Waals surface area contributed by atoms with Gasteiger partial charge in [0, 0.05) is 68.2 Å². The molecule has 0 unspecified atom stereocenters. The molecule has 0 spiro atoms. The van der Waals surface area contributed by atoms with Gasteiger partial charge in [-0.15, -0.1) is 10.2 Å². The summed E-state index contributed by atoms with van der Waals surface area (Å²) in [6.45, 7) is 5.84. The fraction of sp³-hybridized carbons (Fsp3) is 0.424. The van der Waals surface area contributed by atoms with Gasteiger partial charge in [0.15, 0.2) is 11.6 Å². The molecule has 1 saturated carbocycles. The first-order chi connectivity index (χ1) is 24.3. The summed E-state index contributed by atoms with van der Waals surface area (Å²) in [6, 6.07) is 11.8. The van der Waals surface area contributed by atoms with Crippen molar-refractivity contribution in [3.63, 3.8) is 0 Å². The van der Waals surface area contributed by atoms with Gasteiger partial charge in [-0.25, -0.2) is 4.79 Å². The number of imide groups is 1. The number of phenols is 1. The predicted molar refractivity (Wildman–Crippen MR) is 179 cm³/mol. The van der Waals surface area contributed by atoms with E-state index < -0.39 is 52.1 Å². The highest BCUT2D eigenvalue weighted by Crippen LogP contribution is 2.44. The van der Waals surface area contributed by atoms with Crippen molar-refractivity contribution in [3.8, 4) is 5.75 Å². The first-order valence-electron chi connectivity index (χ1n) is 16.3. The lowest BCUT2D eigenvalue weighted by atomic mass is 9.66. The molecule has 2 aliphatic rings. The van der Waals surface area contributed by atoms with Crippen LogP contribution in [0.25, 0.3) is 0 Å². The van der Waals surface area contributed by atoms with Crippen molar-refractivity contribution >= 4 is 50.8 Å². The third-order valence-electron chi connectivity index (χ3n) is 8.62. The number of aromatic nitrogens is 3. The molecule has 5 rings (SSSR count). The summed E-state index contributed by atoms with van der Waals surface area (Å²) >= 11 is 0. The third kappa shape index (κ3) is 8.76. The molecule has 2 aromatic carbocycles. The maximum absolute atomic E-state index is 13.3. The number of likely N-dealkylation sites (N-methyl/N-ethyl adjacent to an activating group) is 2. The maximum Gasteiger partial charge on any atom is 0.358 e. The van der Waals surface area contributed by atoms with Gasteiger partial charge in [0.1, 0.15) is 35.6 Å². The monoisotopic (exact) mass is 726 g/mol. The second-order valence-corrected chi connectivity index (χ2v) is 13.4. The summed E-state index contributed by atoms with van der Waals surface area (Å²) in [5.74, 6) is -5.51. The zero-order valence-electron chi connectivity index (χ0n) is 28.0. The van der Waals surface area contributed by atoms with Crippen LogP contribution in [-0.4, -0.2) is 107 Å². The first-order valence-corrected chi connectivity index (χ1v) is 17.9. The minimum Gasteiger partial charge on any atom is -0.508 e. The molecule has 1 aliphatic carbocycles. The SMILES string of the molecule is CCN(CCOCC(=O)ON1C(=O)CCC1=O)c1ccc(C2C(=O)C(c3ccc(N(CC)CCn4cc(CS(=O)(=O)O)nn4)cc3O)C2=O)cc1. The van der Waals surface area contributed by atoms with Crippen LogP contribution in [0.3, 0.4) is 0 Å². The maximum atomic E-state index is 13.3. The van der Waals surface area contributed by atoms with Gasteiger partial charge in [0.05, 0.1) is 13.2 Å². The molecule has 2 heterocycles. The molecule has 2 fully saturated rings. The lowest BCUT2D eigenvalue weighted by Crippen LogP contribution is -2.44. The minimum atomic E-state index is -4.23. The van der Waals surface area contributed by atoms with Crippen molar-refractivity contribution in [2.75, 3.05) is 49.2 Å². The van der Waals surface area contributed by atoms with Crippen LogP contribution in [-0.2, 0) is 56.0 Å². The summed E-state index contributed by atoms with van der Waals surface area (Å²) in [5, 5.41) is 19.0. The Morgan fingerprint density at radius 3 is 2.16 bits per heavy atom. The van der Waals surface area contributed by atoms with E-state index in [-0.39, 0.29) is 48.0 Å². The van der Waals surface area contributed by atoms with E-state index in [1.165, 1.54) is 16.9 Å². The van der Waals surface area contributed by atoms with Crippen molar-refractivity contribution in [1.82, 2.24) is 20.1 Å². The number of nitrogens with zero attached hydrogens (tertiary/aromatic N) is 6. The van der Waals surface area contributed by atoms with E-state index >= 15 is 0 Å². The highest BCUT2D eigenvalue weighted by atomic mass is 32.2. The summed E-state index contributed by atoms with van der Waals surface area (Å²) in [7, 11) is -4.23. The Bertz CT molecular complexity index is 1880. The molecule has 1 saturated heterocycles. The van der Waals surface area contributed by atoms with Crippen LogP contribution in [0.4, 0.5) is 11.4 Å². The Kier molecular flexibility index (Phi) is 11.5. The molecule has 0 atom stereocenters. The van der Waals surface area contributed by atoms with Crippen LogP contribution in [0.15, 0.2) is 48.7 Å². The molecule has 272 valence electrons. The number of Topliss-reactive ketones (excluding diaryl/α,β-unsaturated/α-hetero) is 2.